The summed E-state index contributed by atoms with van der Waals surface area (Å²) in [6, 6.07) is 3.58. The van der Waals surface area contributed by atoms with E-state index in [9.17, 15) is 9.90 Å². The number of nitrogens with one attached hydrogen (secondary N) is 1. The van der Waals surface area contributed by atoms with Crippen molar-refractivity contribution in [1.29, 1.82) is 0 Å². The van der Waals surface area contributed by atoms with Crippen LogP contribution in [0.15, 0.2) is 12.1 Å². The lowest BCUT2D eigenvalue weighted by atomic mass is 9.48. The number of aromatic hydroxyl groups is 1. The number of phenolic OH excluding ortho intramolecular Hbond substituents is 1. The van der Waals surface area contributed by atoms with Gasteiger partial charge in [-0.1, -0.05) is 26.3 Å². The number of rotatable bonds is 6. The molecule has 2 aliphatic carbocycles. The van der Waals surface area contributed by atoms with E-state index < -0.39 is 17.2 Å². The second-order valence-electron chi connectivity index (χ2n) is 12.2. The van der Waals surface area contributed by atoms with Crippen LogP contribution in [0, 0.1) is 5.92 Å². The molecule has 5 rings (SSSR count). The number of benzene rings is 1. The van der Waals surface area contributed by atoms with Gasteiger partial charge >= 0.3 is 5.97 Å². The van der Waals surface area contributed by atoms with Gasteiger partial charge in [0.1, 0.15) is 17.7 Å². The number of likely N-dealkylation sites (N-methyl/N-ethyl adjacent to an activating group) is 1. The van der Waals surface area contributed by atoms with Gasteiger partial charge in [0.15, 0.2) is 11.5 Å². The highest BCUT2D eigenvalue weighted by Crippen LogP contribution is 2.66. The standard InChI is InChI=1S/C28H42N2O5/c1-8-16(2)22(25(32)35-26(3,4)5)29-18-11-12-28(33-7)20-15-17-9-10-19(31)23-21(17)27(28,24(18)34-23)13-14-30(20)6/h9-10,16,18,20,22,24,29,31H,8,11-15H2,1-7H3/t16-,18+,20?,22-,24-,27?,28+/m0/s1. The molecule has 1 aromatic carbocycles. The van der Waals surface area contributed by atoms with Crippen molar-refractivity contribution < 1.29 is 24.1 Å². The van der Waals surface area contributed by atoms with Crippen molar-refractivity contribution in [3.8, 4) is 11.5 Å². The molecule has 7 atom stereocenters. The normalized spacial score (nSPS) is 35.1. The lowest BCUT2D eigenvalue weighted by Gasteiger charge is -2.65. The van der Waals surface area contributed by atoms with E-state index >= 15 is 0 Å². The first kappa shape index (κ1) is 24.8. The van der Waals surface area contributed by atoms with Crippen LogP contribution >= 0.6 is 0 Å². The van der Waals surface area contributed by atoms with Crippen LogP contribution in [0.1, 0.15) is 71.4 Å². The number of ether oxygens (including phenoxy) is 3. The Morgan fingerprint density at radius 3 is 2.74 bits per heavy atom. The van der Waals surface area contributed by atoms with Crippen molar-refractivity contribution in [1.82, 2.24) is 10.2 Å². The first-order valence-electron chi connectivity index (χ1n) is 13.3. The fourth-order valence-corrected chi connectivity index (χ4v) is 7.61. The van der Waals surface area contributed by atoms with Crippen molar-refractivity contribution in [3.63, 3.8) is 0 Å². The molecule has 2 heterocycles. The number of hydrogen-bond acceptors (Lipinski definition) is 7. The summed E-state index contributed by atoms with van der Waals surface area (Å²) < 4.78 is 19.1. The van der Waals surface area contributed by atoms with Crippen LogP contribution in [0.5, 0.6) is 11.5 Å². The fraction of sp³-hybridized carbons (Fsp3) is 0.750. The molecule has 4 aliphatic rings. The molecule has 1 aromatic rings. The smallest absolute Gasteiger partial charge is 0.323 e. The minimum atomic E-state index is -0.549. The Kier molecular flexibility index (Phi) is 5.93. The zero-order valence-electron chi connectivity index (χ0n) is 22.3. The summed E-state index contributed by atoms with van der Waals surface area (Å²) in [6.45, 7) is 10.9. The third kappa shape index (κ3) is 3.45. The quantitative estimate of drug-likeness (QED) is 0.596. The number of nitrogens with zero attached hydrogens (tertiary/aromatic N) is 1. The SMILES string of the molecule is CC[C@H](C)[C@H](N[C@@H]1CC[C@@]2(OC)C3Cc4ccc(O)c5c4C2(CCN3C)[C@H]1O5)C(=O)OC(C)(C)C. The molecule has 35 heavy (non-hydrogen) atoms. The molecule has 2 bridgehead atoms. The van der Waals surface area contributed by atoms with Crippen molar-refractivity contribution in [2.24, 2.45) is 5.92 Å². The maximum Gasteiger partial charge on any atom is 0.323 e. The van der Waals surface area contributed by atoms with Crippen LogP contribution in [0.2, 0.25) is 0 Å². The Hall–Kier alpha value is -1.83. The number of phenols is 1. The molecule has 7 heteroatoms. The van der Waals surface area contributed by atoms with Crippen LogP contribution in [-0.2, 0) is 26.1 Å². The van der Waals surface area contributed by atoms with Gasteiger partial charge < -0.3 is 24.2 Å². The van der Waals surface area contributed by atoms with Gasteiger partial charge in [-0.25, -0.2) is 0 Å². The Bertz CT molecular complexity index is 1010. The molecule has 0 aromatic heterocycles. The van der Waals surface area contributed by atoms with Crippen molar-refractivity contribution in [2.75, 3.05) is 20.7 Å². The molecule has 2 fully saturated rings. The maximum absolute atomic E-state index is 13.3. The summed E-state index contributed by atoms with van der Waals surface area (Å²) in [5.41, 5.74) is 1.07. The number of esters is 1. The lowest BCUT2D eigenvalue weighted by Crippen LogP contribution is -2.78. The number of carbonyl (C=O) groups excluding carboxylic acids is 1. The van der Waals surface area contributed by atoms with E-state index in [1.807, 2.05) is 27.9 Å². The summed E-state index contributed by atoms with van der Waals surface area (Å²) >= 11 is 0. The van der Waals surface area contributed by atoms with Gasteiger partial charge in [-0.15, -0.1) is 0 Å². The van der Waals surface area contributed by atoms with Gasteiger partial charge in [0, 0.05) is 24.8 Å². The third-order valence-corrected chi connectivity index (χ3v) is 9.32. The average molecular weight is 487 g/mol. The fourth-order valence-electron chi connectivity index (χ4n) is 7.61. The van der Waals surface area contributed by atoms with Crippen molar-refractivity contribution in [3.05, 3.63) is 23.3 Å². The zero-order valence-corrected chi connectivity index (χ0v) is 22.3. The van der Waals surface area contributed by atoms with Crippen LogP contribution in [-0.4, -0.2) is 72.1 Å². The predicted molar refractivity (Wildman–Crippen MR) is 134 cm³/mol. The van der Waals surface area contributed by atoms with Crippen LogP contribution < -0.4 is 10.1 Å². The molecule has 7 nitrogen and oxygen atoms in total. The average Bonchev–Trinajstić information content (AvgIpc) is 3.16. The topological polar surface area (TPSA) is 80.3 Å². The number of likely N-dealkylation sites (tertiary alicyclic amines) is 1. The number of methoxy groups -OCH3 is 1. The van der Waals surface area contributed by atoms with E-state index in [-0.39, 0.29) is 41.2 Å². The number of hydrogen-bond donors (Lipinski definition) is 2. The third-order valence-electron chi connectivity index (χ3n) is 9.32. The second kappa shape index (κ2) is 8.35. The summed E-state index contributed by atoms with van der Waals surface area (Å²) in [4.78, 5) is 15.7. The Morgan fingerprint density at radius 1 is 1.34 bits per heavy atom. The van der Waals surface area contributed by atoms with Gasteiger partial charge in [-0.2, -0.15) is 0 Å². The summed E-state index contributed by atoms with van der Waals surface area (Å²) in [5, 5.41) is 14.6. The first-order chi connectivity index (χ1) is 16.5. The molecule has 2 aliphatic heterocycles. The first-order valence-corrected chi connectivity index (χ1v) is 13.3. The lowest BCUT2D eigenvalue weighted by molar-refractivity contribution is -0.204. The molecule has 2 unspecified atom stereocenters. The monoisotopic (exact) mass is 486 g/mol. The summed E-state index contributed by atoms with van der Waals surface area (Å²) in [6.07, 6.45) is 4.09. The van der Waals surface area contributed by atoms with E-state index in [4.69, 9.17) is 14.2 Å². The highest BCUT2D eigenvalue weighted by atomic mass is 16.6. The molecule has 1 spiro atoms. The largest absolute Gasteiger partial charge is 0.504 e. The van der Waals surface area contributed by atoms with Gasteiger partial charge in [0.05, 0.1) is 11.0 Å². The highest BCUT2D eigenvalue weighted by Gasteiger charge is 2.73. The van der Waals surface area contributed by atoms with Crippen molar-refractivity contribution >= 4 is 5.97 Å². The van der Waals surface area contributed by atoms with Crippen molar-refractivity contribution in [2.45, 2.75) is 108 Å². The number of carbonyl (C=O) groups is 1. The minimum Gasteiger partial charge on any atom is -0.504 e. The molecule has 2 N–H and O–H groups in total. The summed E-state index contributed by atoms with van der Waals surface area (Å²) in [5.74, 6) is 0.708. The molecule has 0 amide bonds. The van der Waals surface area contributed by atoms with Crippen LogP contribution in [0.25, 0.3) is 0 Å². The summed E-state index contributed by atoms with van der Waals surface area (Å²) in [7, 11) is 4.04. The maximum atomic E-state index is 13.3. The van der Waals surface area contributed by atoms with E-state index in [1.165, 1.54) is 5.56 Å². The van der Waals surface area contributed by atoms with E-state index in [2.05, 4.69) is 37.2 Å². The molecular weight excluding hydrogens is 444 g/mol. The van der Waals surface area contributed by atoms with Gasteiger partial charge in [0.2, 0.25) is 0 Å². The van der Waals surface area contributed by atoms with E-state index in [0.717, 1.165) is 44.2 Å². The minimum absolute atomic E-state index is 0.0633. The Labute approximate surface area is 209 Å². The molecule has 1 saturated heterocycles. The molecule has 0 radical (unpaired) electrons. The van der Waals surface area contributed by atoms with Gasteiger partial charge in [-0.3, -0.25) is 10.1 Å². The molecule has 194 valence electrons. The van der Waals surface area contributed by atoms with E-state index in [0.29, 0.717) is 5.75 Å². The Morgan fingerprint density at radius 2 is 2.09 bits per heavy atom. The highest BCUT2D eigenvalue weighted by molar-refractivity contribution is 5.76. The molecular formula is C28H42N2O5. The predicted octanol–water partition coefficient (Wildman–Crippen LogP) is 3.54. The number of piperidine rings is 1. The van der Waals surface area contributed by atoms with Gasteiger partial charge in [0.25, 0.3) is 0 Å². The molecule has 1 saturated carbocycles. The second-order valence-corrected chi connectivity index (χ2v) is 12.2. The van der Waals surface area contributed by atoms with Crippen LogP contribution in [0.4, 0.5) is 0 Å². The van der Waals surface area contributed by atoms with E-state index in [1.54, 1.807) is 6.07 Å². The van der Waals surface area contributed by atoms with Gasteiger partial charge in [-0.05, 0) is 77.6 Å². The van der Waals surface area contributed by atoms with Crippen LogP contribution in [0.3, 0.4) is 0 Å². The Balaban J connectivity index is 1.57. The zero-order chi connectivity index (χ0) is 25.3.